The number of hydrogen-bond donors (Lipinski definition) is 1. The van der Waals surface area contributed by atoms with Crippen molar-refractivity contribution in [3.8, 4) is 0 Å². The Kier molecular flexibility index (Phi) is 5.36. The Morgan fingerprint density at radius 2 is 2.24 bits per heavy atom. The standard InChI is InChI=1S/C15H22O2/c1-11(2)9-14(16)15(17)12(3)10-13-7-5-4-6-8-13/h4-5,7,9,12,15,17H,6,8,10H2,1-3H3. The molecule has 2 nitrogen and oxygen atoms in total. The maximum atomic E-state index is 11.7. The van der Waals surface area contributed by atoms with Gasteiger partial charge in [-0.25, -0.2) is 0 Å². The van der Waals surface area contributed by atoms with E-state index in [9.17, 15) is 9.90 Å². The van der Waals surface area contributed by atoms with Crippen molar-refractivity contribution >= 4 is 5.78 Å². The van der Waals surface area contributed by atoms with Gasteiger partial charge in [0, 0.05) is 0 Å². The molecule has 1 aliphatic carbocycles. The number of aliphatic hydroxyl groups excluding tert-OH is 1. The van der Waals surface area contributed by atoms with E-state index in [-0.39, 0.29) is 11.7 Å². The van der Waals surface area contributed by atoms with Gasteiger partial charge in [-0.15, -0.1) is 0 Å². The minimum absolute atomic E-state index is 0.0177. The van der Waals surface area contributed by atoms with Gasteiger partial charge in [-0.2, -0.15) is 0 Å². The SMILES string of the molecule is CC(C)=CC(=O)C(O)C(C)CC1=CC=CCC1. The van der Waals surface area contributed by atoms with Crippen molar-refractivity contribution in [2.24, 2.45) is 5.92 Å². The lowest BCUT2D eigenvalue weighted by molar-refractivity contribution is -0.124. The normalized spacial score (nSPS) is 18.2. The molecule has 0 spiro atoms. The van der Waals surface area contributed by atoms with Gasteiger partial charge in [0.05, 0.1) is 0 Å². The van der Waals surface area contributed by atoms with Gasteiger partial charge in [-0.1, -0.05) is 36.3 Å². The Morgan fingerprint density at radius 3 is 2.76 bits per heavy atom. The van der Waals surface area contributed by atoms with Gasteiger partial charge < -0.3 is 5.11 Å². The molecule has 0 bridgehead atoms. The molecule has 1 N–H and O–H groups in total. The zero-order valence-electron chi connectivity index (χ0n) is 10.9. The van der Waals surface area contributed by atoms with E-state index in [0.717, 1.165) is 24.8 Å². The maximum absolute atomic E-state index is 11.7. The van der Waals surface area contributed by atoms with Gasteiger partial charge in [0.15, 0.2) is 5.78 Å². The summed E-state index contributed by atoms with van der Waals surface area (Å²) in [7, 11) is 0. The van der Waals surface area contributed by atoms with Crippen molar-refractivity contribution < 1.29 is 9.90 Å². The van der Waals surface area contributed by atoms with E-state index in [1.165, 1.54) is 11.6 Å². The van der Waals surface area contributed by atoms with Crippen LogP contribution in [0.25, 0.3) is 0 Å². The van der Waals surface area contributed by atoms with Crippen molar-refractivity contribution in [2.45, 2.75) is 46.1 Å². The fraction of sp³-hybridized carbons (Fsp3) is 0.533. The van der Waals surface area contributed by atoms with Gasteiger partial charge in [-0.3, -0.25) is 4.79 Å². The summed E-state index contributed by atoms with van der Waals surface area (Å²) in [6.45, 7) is 5.66. The zero-order chi connectivity index (χ0) is 12.8. The van der Waals surface area contributed by atoms with Crippen molar-refractivity contribution in [1.29, 1.82) is 0 Å². The van der Waals surface area contributed by atoms with Crippen LogP contribution in [0.15, 0.2) is 35.5 Å². The first-order valence-electron chi connectivity index (χ1n) is 6.22. The zero-order valence-corrected chi connectivity index (χ0v) is 10.9. The smallest absolute Gasteiger partial charge is 0.184 e. The quantitative estimate of drug-likeness (QED) is 0.742. The number of aliphatic hydroxyl groups is 1. The van der Waals surface area contributed by atoms with Gasteiger partial charge in [0.2, 0.25) is 0 Å². The Morgan fingerprint density at radius 1 is 1.53 bits per heavy atom. The summed E-state index contributed by atoms with van der Waals surface area (Å²) in [4.78, 5) is 11.7. The number of ketones is 1. The van der Waals surface area contributed by atoms with E-state index in [1.54, 1.807) is 0 Å². The molecule has 0 saturated heterocycles. The second-order valence-corrected chi connectivity index (χ2v) is 5.04. The molecule has 0 saturated carbocycles. The third-order valence-corrected chi connectivity index (χ3v) is 2.95. The van der Waals surface area contributed by atoms with Gasteiger partial charge in [0.1, 0.15) is 6.10 Å². The fourth-order valence-electron chi connectivity index (χ4n) is 2.00. The van der Waals surface area contributed by atoms with Gasteiger partial charge in [-0.05, 0) is 45.1 Å². The summed E-state index contributed by atoms with van der Waals surface area (Å²) in [5.74, 6) is -0.194. The lowest BCUT2D eigenvalue weighted by Gasteiger charge is -2.19. The molecule has 94 valence electrons. The number of rotatable bonds is 5. The van der Waals surface area contributed by atoms with E-state index >= 15 is 0 Å². The average molecular weight is 234 g/mol. The van der Waals surface area contributed by atoms with E-state index in [0.29, 0.717) is 0 Å². The van der Waals surface area contributed by atoms with Crippen molar-refractivity contribution in [3.63, 3.8) is 0 Å². The summed E-state index contributed by atoms with van der Waals surface area (Å²) in [6, 6.07) is 0. The molecule has 2 heteroatoms. The summed E-state index contributed by atoms with van der Waals surface area (Å²) in [6.07, 6.45) is 9.84. The van der Waals surface area contributed by atoms with Crippen LogP contribution in [0.1, 0.15) is 40.0 Å². The summed E-state index contributed by atoms with van der Waals surface area (Å²) < 4.78 is 0. The topological polar surface area (TPSA) is 37.3 Å². The van der Waals surface area contributed by atoms with Crippen LogP contribution in [-0.4, -0.2) is 17.0 Å². The lowest BCUT2D eigenvalue weighted by Crippen LogP contribution is -2.27. The highest BCUT2D eigenvalue weighted by Gasteiger charge is 2.21. The molecular weight excluding hydrogens is 212 g/mol. The number of hydrogen-bond acceptors (Lipinski definition) is 2. The van der Waals surface area contributed by atoms with Crippen molar-refractivity contribution in [1.82, 2.24) is 0 Å². The van der Waals surface area contributed by atoms with E-state index in [1.807, 2.05) is 20.8 Å². The molecule has 1 aliphatic rings. The molecule has 0 aromatic heterocycles. The third-order valence-electron chi connectivity index (χ3n) is 2.95. The van der Waals surface area contributed by atoms with E-state index in [2.05, 4.69) is 18.2 Å². The van der Waals surface area contributed by atoms with E-state index in [4.69, 9.17) is 0 Å². The first-order valence-corrected chi connectivity index (χ1v) is 6.22. The summed E-state index contributed by atoms with van der Waals surface area (Å²) in [5, 5.41) is 9.93. The number of allylic oxidation sites excluding steroid dienone is 5. The van der Waals surface area contributed by atoms with Crippen LogP contribution in [0.3, 0.4) is 0 Å². The third kappa shape index (κ3) is 4.70. The monoisotopic (exact) mass is 234 g/mol. The predicted octanol–water partition coefficient (Wildman–Crippen LogP) is 3.19. The first-order chi connectivity index (χ1) is 8.00. The molecule has 0 heterocycles. The molecule has 2 atom stereocenters. The number of carbonyl (C=O) groups is 1. The lowest BCUT2D eigenvalue weighted by atomic mass is 9.89. The highest BCUT2D eigenvalue weighted by molar-refractivity contribution is 5.94. The highest BCUT2D eigenvalue weighted by atomic mass is 16.3. The molecule has 17 heavy (non-hydrogen) atoms. The largest absolute Gasteiger partial charge is 0.385 e. The molecular formula is C15H22O2. The van der Waals surface area contributed by atoms with Gasteiger partial charge in [0.25, 0.3) is 0 Å². The van der Waals surface area contributed by atoms with Crippen molar-refractivity contribution in [2.75, 3.05) is 0 Å². The van der Waals surface area contributed by atoms with Crippen LogP contribution in [0.2, 0.25) is 0 Å². The number of carbonyl (C=O) groups excluding carboxylic acids is 1. The Balaban J connectivity index is 2.54. The average Bonchev–Trinajstić information content (AvgIpc) is 2.28. The Labute approximate surface area is 104 Å². The minimum atomic E-state index is -0.878. The van der Waals surface area contributed by atoms with Crippen LogP contribution in [0.5, 0.6) is 0 Å². The van der Waals surface area contributed by atoms with Crippen LogP contribution in [0.4, 0.5) is 0 Å². The molecule has 0 aromatic rings. The second kappa shape index (κ2) is 6.55. The Hall–Kier alpha value is -1.15. The molecule has 0 amide bonds. The Bertz CT molecular complexity index is 357. The second-order valence-electron chi connectivity index (χ2n) is 5.04. The van der Waals surface area contributed by atoms with Gasteiger partial charge >= 0.3 is 0 Å². The minimum Gasteiger partial charge on any atom is -0.385 e. The highest BCUT2D eigenvalue weighted by Crippen LogP contribution is 2.22. The van der Waals surface area contributed by atoms with Crippen molar-refractivity contribution in [3.05, 3.63) is 35.5 Å². The first kappa shape index (κ1) is 13.9. The molecule has 2 unspecified atom stereocenters. The van der Waals surface area contributed by atoms with E-state index < -0.39 is 6.10 Å². The van der Waals surface area contributed by atoms with Crippen LogP contribution < -0.4 is 0 Å². The summed E-state index contributed by atoms with van der Waals surface area (Å²) >= 11 is 0. The molecule has 0 aromatic carbocycles. The predicted molar refractivity (Wildman–Crippen MR) is 70.7 cm³/mol. The maximum Gasteiger partial charge on any atom is 0.184 e. The fourth-order valence-corrected chi connectivity index (χ4v) is 2.00. The molecule has 0 fully saturated rings. The van der Waals surface area contributed by atoms with Crippen LogP contribution in [-0.2, 0) is 4.79 Å². The molecule has 0 aliphatic heterocycles. The van der Waals surface area contributed by atoms with Crippen LogP contribution in [0, 0.1) is 5.92 Å². The molecule has 0 radical (unpaired) electrons. The van der Waals surface area contributed by atoms with Crippen LogP contribution >= 0.6 is 0 Å². The molecule has 1 rings (SSSR count). The summed E-state index contributed by atoms with van der Waals surface area (Å²) in [5.41, 5.74) is 2.25.